The fourth-order valence-electron chi connectivity index (χ4n) is 3.22. The number of nitrogens with zero attached hydrogens (tertiary/aromatic N) is 2. The quantitative estimate of drug-likeness (QED) is 0.778. The predicted molar refractivity (Wildman–Crippen MR) is 91.9 cm³/mol. The molecule has 0 spiro atoms. The molecule has 1 heterocycles. The smallest absolute Gasteiger partial charge is 0.251 e. The van der Waals surface area contributed by atoms with Crippen LogP contribution in [-0.4, -0.2) is 21.5 Å². The van der Waals surface area contributed by atoms with Crippen LogP contribution in [-0.2, 0) is 6.42 Å². The summed E-state index contributed by atoms with van der Waals surface area (Å²) in [6.45, 7) is 0. The molecule has 24 heavy (non-hydrogen) atoms. The molecular weight excluding hydrogens is 300 g/mol. The number of hydrogen-bond donors (Lipinski definition) is 2. The SMILES string of the molecule is NC1c2ccccc2CC1NC(=O)c1ccc(-n2ccnc2)cc1. The lowest BCUT2D eigenvalue weighted by molar-refractivity contribution is 0.0933. The summed E-state index contributed by atoms with van der Waals surface area (Å²) in [5.41, 5.74) is 10.2. The number of carbonyl (C=O) groups excluding carboxylic acids is 1. The van der Waals surface area contributed by atoms with Crippen molar-refractivity contribution in [3.63, 3.8) is 0 Å². The van der Waals surface area contributed by atoms with Crippen LogP contribution in [0.3, 0.4) is 0 Å². The second-order valence-corrected chi connectivity index (χ2v) is 6.03. The molecule has 0 radical (unpaired) electrons. The molecule has 0 saturated heterocycles. The van der Waals surface area contributed by atoms with Crippen LogP contribution >= 0.6 is 0 Å². The van der Waals surface area contributed by atoms with Gasteiger partial charge in [0.15, 0.2) is 0 Å². The van der Waals surface area contributed by atoms with E-state index in [0.717, 1.165) is 17.7 Å². The van der Waals surface area contributed by atoms with Gasteiger partial charge in [-0.1, -0.05) is 24.3 Å². The summed E-state index contributed by atoms with van der Waals surface area (Å²) < 4.78 is 1.89. The Morgan fingerprint density at radius 2 is 1.96 bits per heavy atom. The number of benzene rings is 2. The molecule has 1 aliphatic rings. The van der Waals surface area contributed by atoms with Crippen molar-refractivity contribution in [3.05, 3.63) is 83.9 Å². The van der Waals surface area contributed by atoms with E-state index in [2.05, 4.69) is 16.4 Å². The van der Waals surface area contributed by atoms with Crippen molar-refractivity contribution in [1.29, 1.82) is 0 Å². The molecule has 0 bridgehead atoms. The van der Waals surface area contributed by atoms with Gasteiger partial charge in [-0.25, -0.2) is 4.98 Å². The summed E-state index contributed by atoms with van der Waals surface area (Å²) in [6, 6.07) is 15.3. The Morgan fingerprint density at radius 3 is 2.67 bits per heavy atom. The standard InChI is InChI=1S/C19H18N4O/c20-18-16-4-2-1-3-14(16)11-17(18)22-19(24)13-5-7-15(8-6-13)23-10-9-21-12-23/h1-10,12,17-18H,11,20H2,(H,22,24). The number of carbonyl (C=O) groups is 1. The Morgan fingerprint density at radius 1 is 1.17 bits per heavy atom. The molecule has 0 saturated carbocycles. The fraction of sp³-hybridized carbons (Fsp3) is 0.158. The van der Waals surface area contributed by atoms with Crippen molar-refractivity contribution in [3.8, 4) is 5.69 Å². The molecule has 2 aromatic carbocycles. The lowest BCUT2D eigenvalue weighted by atomic mass is 10.1. The van der Waals surface area contributed by atoms with Gasteiger partial charge < -0.3 is 15.6 Å². The average Bonchev–Trinajstić information content (AvgIpc) is 3.25. The van der Waals surface area contributed by atoms with Gasteiger partial charge in [-0.05, 0) is 41.8 Å². The number of imidazole rings is 1. The van der Waals surface area contributed by atoms with Crippen molar-refractivity contribution in [1.82, 2.24) is 14.9 Å². The number of fused-ring (bicyclic) bond motifs is 1. The highest BCUT2D eigenvalue weighted by Crippen LogP contribution is 2.29. The first-order valence-electron chi connectivity index (χ1n) is 7.95. The average molecular weight is 318 g/mol. The van der Waals surface area contributed by atoms with Gasteiger partial charge in [-0.15, -0.1) is 0 Å². The van der Waals surface area contributed by atoms with Crippen LogP contribution in [0.4, 0.5) is 0 Å². The van der Waals surface area contributed by atoms with Gasteiger partial charge in [0, 0.05) is 23.6 Å². The molecular formula is C19H18N4O. The summed E-state index contributed by atoms with van der Waals surface area (Å²) >= 11 is 0. The van der Waals surface area contributed by atoms with E-state index in [4.69, 9.17) is 5.73 Å². The van der Waals surface area contributed by atoms with Crippen LogP contribution in [0.1, 0.15) is 27.5 Å². The maximum absolute atomic E-state index is 12.5. The van der Waals surface area contributed by atoms with Crippen LogP contribution < -0.4 is 11.1 Å². The lowest BCUT2D eigenvalue weighted by Gasteiger charge is -2.18. The van der Waals surface area contributed by atoms with E-state index in [0.29, 0.717) is 5.56 Å². The third kappa shape index (κ3) is 2.59. The largest absolute Gasteiger partial charge is 0.347 e. The molecule has 0 aliphatic heterocycles. The van der Waals surface area contributed by atoms with Crippen molar-refractivity contribution in [2.24, 2.45) is 5.73 Å². The predicted octanol–water partition coefficient (Wildman–Crippen LogP) is 2.23. The molecule has 1 aromatic heterocycles. The maximum Gasteiger partial charge on any atom is 0.251 e. The van der Waals surface area contributed by atoms with E-state index in [-0.39, 0.29) is 18.0 Å². The van der Waals surface area contributed by atoms with E-state index in [1.54, 1.807) is 12.5 Å². The molecule has 2 atom stereocenters. The highest BCUT2D eigenvalue weighted by Gasteiger charge is 2.30. The first-order chi connectivity index (χ1) is 11.7. The van der Waals surface area contributed by atoms with Gasteiger partial charge in [0.25, 0.3) is 5.91 Å². The third-order valence-corrected chi connectivity index (χ3v) is 4.54. The molecule has 120 valence electrons. The number of hydrogen-bond acceptors (Lipinski definition) is 3. The fourth-order valence-corrected chi connectivity index (χ4v) is 3.22. The van der Waals surface area contributed by atoms with Crippen LogP contribution in [0.15, 0.2) is 67.3 Å². The minimum absolute atomic E-state index is 0.0665. The van der Waals surface area contributed by atoms with Crippen LogP contribution in [0.5, 0.6) is 0 Å². The van der Waals surface area contributed by atoms with E-state index in [1.165, 1.54) is 5.56 Å². The third-order valence-electron chi connectivity index (χ3n) is 4.54. The normalized spacial score (nSPS) is 19.0. The van der Waals surface area contributed by atoms with Crippen molar-refractivity contribution in [2.45, 2.75) is 18.5 Å². The molecule has 3 N–H and O–H groups in total. The number of rotatable bonds is 3. The van der Waals surface area contributed by atoms with Gasteiger partial charge in [0.05, 0.1) is 18.4 Å². The van der Waals surface area contributed by atoms with E-state index >= 15 is 0 Å². The first kappa shape index (κ1) is 14.7. The Balaban J connectivity index is 1.47. The monoisotopic (exact) mass is 318 g/mol. The van der Waals surface area contributed by atoms with E-state index < -0.39 is 0 Å². The minimum Gasteiger partial charge on any atom is -0.347 e. The molecule has 1 aliphatic carbocycles. The zero-order chi connectivity index (χ0) is 16.5. The molecule has 5 nitrogen and oxygen atoms in total. The topological polar surface area (TPSA) is 72.9 Å². The highest BCUT2D eigenvalue weighted by molar-refractivity contribution is 5.94. The van der Waals surface area contributed by atoms with Crippen LogP contribution in [0.2, 0.25) is 0 Å². The van der Waals surface area contributed by atoms with Gasteiger partial charge in [0.2, 0.25) is 0 Å². The molecule has 0 fully saturated rings. The van der Waals surface area contributed by atoms with Gasteiger partial charge in [-0.3, -0.25) is 4.79 Å². The van der Waals surface area contributed by atoms with Gasteiger partial charge in [-0.2, -0.15) is 0 Å². The van der Waals surface area contributed by atoms with Gasteiger partial charge in [0.1, 0.15) is 0 Å². The zero-order valence-electron chi connectivity index (χ0n) is 13.1. The molecule has 4 rings (SSSR count). The number of nitrogens with one attached hydrogen (secondary N) is 1. The Kier molecular flexibility index (Phi) is 3.63. The number of nitrogens with two attached hydrogens (primary N) is 1. The van der Waals surface area contributed by atoms with Crippen molar-refractivity contribution < 1.29 is 4.79 Å². The first-order valence-corrected chi connectivity index (χ1v) is 7.95. The molecule has 5 heteroatoms. The van der Waals surface area contributed by atoms with Gasteiger partial charge >= 0.3 is 0 Å². The van der Waals surface area contributed by atoms with Crippen molar-refractivity contribution in [2.75, 3.05) is 0 Å². The second kappa shape index (κ2) is 5.94. The lowest BCUT2D eigenvalue weighted by Crippen LogP contribution is -2.40. The summed E-state index contributed by atoms with van der Waals surface area (Å²) in [4.78, 5) is 16.5. The Hall–Kier alpha value is -2.92. The van der Waals surface area contributed by atoms with Crippen LogP contribution in [0.25, 0.3) is 5.69 Å². The number of amides is 1. The Bertz CT molecular complexity index is 855. The summed E-state index contributed by atoms with van der Waals surface area (Å²) in [7, 11) is 0. The number of aromatic nitrogens is 2. The maximum atomic E-state index is 12.5. The molecule has 3 aromatic rings. The second-order valence-electron chi connectivity index (χ2n) is 6.03. The van der Waals surface area contributed by atoms with Crippen LogP contribution in [0, 0.1) is 0 Å². The molecule has 1 amide bonds. The zero-order valence-corrected chi connectivity index (χ0v) is 13.1. The highest BCUT2D eigenvalue weighted by atomic mass is 16.1. The van der Waals surface area contributed by atoms with Crippen molar-refractivity contribution >= 4 is 5.91 Å². The summed E-state index contributed by atoms with van der Waals surface area (Å²) in [6.07, 6.45) is 6.09. The summed E-state index contributed by atoms with van der Waals surface area (Å²) in [5.74, 6) is -0.0968. The van der Waals surface area contributed by atoms with E-state index in [1.807, 2.05) is 53.2 Å². The summed E-state index contributed by atoms with van der Waals surface area (Å²) in [5, 5.41) is 3.06. The van der Waals surface area contributed by atoms with E-state index in [9.17, 15) is 4.79 Å². The minimum atomic E-state index is -0.157. The molecule has 2 unspecified atom stereocenters. The Labute approximate surface area is 140 Å².